The molecule has 2 heterocycles. The van der Waals surface area contributed by atoms with E-state index in [-0.39, 0.29) is 11.5 Å². The summed E-state index contributed by atoms with van der Waals surface area (Å²) in [6.45, 7) is 6.90. The zero-order valence-electron chi connectivity index (χ0n) is 16.7. The van der Waals surface area contributed by atoms with Crippen molar-refractivity contribution in [2.24, 2.45) is 0 Å². The molecular weight excluding hydrogens is 354 g/mol. The third-order valence-electron chi connectivity index (χ3n) is 4.76. The predicted molar refractivity (Wildman–Crippen MR) is 111 cm³/mol. The van der Waals surface area contributed by atoms with Crippen molar-refractivity contribution in [3.63, 3.8) is 0 Å². The molecule has 0 fully saturated rings. The van der Waals surface area contributed by atoms with Crippen molar-refractivity contribution >= 4 is 22.5 Å². The molecule has 0 spiro atoms. The van der Waals surface area contributed by atoms with Crippen LogP contribution in [-0.2, 0) is 11.3 Å². The van der Waals surface area contributed by atoms with Crippen LogP contribution in [0, 0.1) is 6.92 Å². The van der Waals surface area contributed by atoms with E-state index in [0.29, 0.717) is 46.9 Å². The van der Waals surface area contributed by atoms with Crippen molar-refractivity contribution < 1.29 is 9.53 Å². The van der Waals surface area contributed by atoms with Gasteiger partial charge in [-0.25, -0.2) is 0 Å². The Labute approximate surface area is 164 Å². The minimum atomic E-state index is -0.282. The quantitative estimate of drug-likeness (QED) is 0.708. The average Bonchev–Trinajstić information content (AvgIpc) is 2.67. The second kappa shape index (κ2) is 8.35. The summed E-state index contributed by atoms with van der Waals surface area (Å²) in [6, 6.07) is 11.2. The number of aryl methyl sites for hydroxylation is 1. The smallest absolute Gasteiger partial charge is 0.260 e. The van der Waals surface area contributed by atoms with E-state index < -0.39 is 0 Å². The molecule has 0 aliphatic rings. The van der Waals surface area contributed by atoms with Gasteiger partial charge in [-0.3, -0.25) is 14.6 Å². The Morgan fingerprint density at radius 1 is 1.21 bits per heavy atom. The molecule has 0 atom stereocenters. The van der Waals surface area contributed by atoms with Crippen LogP contribution in [0.15, 0.2) is 47.4 Å². The number of methoxy groups -OCH3 is 1. The molecule has 0 radical (unpaired) electrons. The van der Waals surface area contributed by atoms with E-state index in [4.69, 9.17) is 4.74 Å². The number of anilines is 1. The van der Waals surface area contributed by atoms with Gasteiger partial charge >= 0.3 is 0 Å². The highest BCUT2D eigenvalue weighted by molar-refractivity contribution is 6.06. The molecular formula is C22H25N3O3. The molecule has 6 heteroatoms. The number of benzene rings is 1. The summed E-state index contributed by atoms with van der Waals surface area (Å²) < 4.78 is 6.61. The number of nitrogens with one attached hydrogen (secondary N) is 1. The van der Waals surface area contributed by atoms with Gasteiger partial charge < -0.3 is 14.6 Å². The first-order valence-corrected chi connectivity index (χ1v) is 9.31. The molecule has 3 aromatic rings. The predicted octanol–water partition coefficient (Wildman–Crippen LogP) is 3.73. The van der Waals surface area contributed by atoms with E-state index in [9.17, 15) is 9.59 Å². The Kier molecular flexibility index (Phi) is 5.90. The highest BCUT2D eigenvalue weighted by Crippen LogP contribution is 2.19. The number of pyridine rings is 2. The number of carbonyl (C=O) groups is 1. The van der Waals surface area contributed by atoms with Gasteiger partial charge in [0.2, 0.25) is 0 Å². The maximum absolute atomic E-state index is 12.8. The summed E-state index contributed by atoms with van der Waals surface area (Å²) in [5, 5.41) is 3.31. The first-order valence-electron chi connectivity index (χ1n) is 9.31. The maximum atomic E-state index is 12.8. The van der Waals surface area contributed by atoms with Gasteiger partial charge in [0.15, 0.2) is 0 Å². The second-order valence-electron chi connectivity index (χ2n) is 7.09. The number of rotatable bonds is 6. The molecule has 2 aromatic heterocycles. The topological polar surface area (TPSA) is 73.2 Å². The Balaban J connectivity index is 1.92. The van der Waals surface area contributed by atoms with Crippen LogP contribution in [-0.4, -0.2) is 29.2 Å². The Bertz CT molecular complexity index is 1050. The zero-order valence-corrected chi connectivity index (χ0v) is 16.7. The molecule has 28 heavy (non-hydrogen) atoms. The molecule has 0 saturated carbocycles. The Morgan fingerprint density at radius 3 is 2.57 bits per heavy atom. The van der Waals surface area contributed by atoms with Crippen molar-refractivity contribution in [3.05, 3.63) is 69.8 Å². The van der Waals surface area contributed by atoms with Crippen molar-refractivity contribution in [3.8, 4) is 0 Å². The third kappa shape index (κ3) is 4.12. The van der Waals surface area contributed by atoms with Crippen LogP contribution >= 0.6 is 0 Å². The highest BCUT2D eigenvalue weighted by atomic mass is 16.5. The molecule has 0 aliphatic carbocycles. The summed E-state index contributed by atoms with van der Waals surface area (Å²) in [4.78, 5) is 30.0. The first-order chi connectivity index (χ1) is 13.4. The number of carbonyl (C=O) groups excluding carboxylic acids is 1. The van der Waals surface area contributed by atoms with E-state index in [2.05, 4.69) is 24.1 Å². The molecule has 0 saturated heterocycles. The van der Waals surface area contributed by atoms with Crippen LogP contribution in [0.1, 0.15) is 41.4 Å². The number of hydrogen-bond acceptors (Lipinski definition) is 4. The van der Waals surface area contributed by atoms with E-state index in [1.807, 2.05) is 24.3 Å². The third-order valence-corrected chi connectivity index (χ3v) is 4.76. The van der Waals surface area contributed by atoms with Crippen LogP contribution < -0.4 is 10.9 Å². The lowest BCUT2D eigenvalue weighted by Gasteiger charge is -2.11. The number of amides is 1. The fraction of sp³-hybridized carbons (Fsp3) is 0.318. The fourth-order valence-corrected chi connectivity index (χ4v) is 3.05. The van der Waals surface area contributed by atoms with E-state index in [1.54, 1.807) is 36.9 Å². The van der Waals surface area contributed by atoms with Crippen LogP contribution in [0.5, 0.6) is 0 Å². The van der Waals surface area contributed by atoms with Crippen LogP contribution in [0.25, 0.3) is 10.9 Å². The Hall–Kier alpha value is -2.99. The summed E-state index contributed by atoms with van der Waals surface area (Å²) in [7, 11) is 1.59. The number of aromatic nitrogens is 2. The molecule has 3 rings (SSSR count). The van der Waals surface area contributed by atoms with Crippen LogP contribution in [0.3, 0.4) is 0 Å². The number of hydrogen-bond donors (Lipinski definition) is 1. The van der Waals surface area contributed by atoms with Gasteiger partial charge in [0.25, 0.3) is 11.5 Å². The minimum absolute atomic E-state index is 0.183. The normalized spacial score (nSPS) is 11.2. The summed E-state index contributed by atoms with van der Waals surface area (Å²) in [6.07, 6.45) is 1.70. The molecule has 146 valence electrons. The molecule has 0 unspecified atom stereocenters. The van der Waals surface area contributed by atoms with Gasteiger partial charge in [0.05, 0.1) is 28.8 Å². The van der Waals surface area contributed by atoms with Crippen LogP contribution in [0.2, 0.25) is 0 Å². The maximum Gasteiger partial charge on any atom is 0.260 e. The number of ether oxygens (including phenoxy) is 1. The zero-order chi connectivity index (χ0) is 20.3. The van der Waals surface area contributed by atoms with Gasteiger partial charge in [0.1, 0.15) is 0 Å². The van der Waals surface area contributed by atoms with Gasteiger partial charge in [0, 0.05) is 25.5 Å². The SMILES string of the molecule is COCCn1ccc2nc(C)c(C(=O)Nc3ccc(C(C)C)cc3)cc2c1=O. The van der Waals surface area contributed by atoms with Crippen molar-refractivity contribution in [1.82, 2.24) is 9.55 Å². The molecule has 0 aliphatic heterocycles. The molecule has 1 aromatic carbocycles. The summed E-state index contributed by atoms with van der Waals surface area (Å²) >= 11 is 0. The number of fused-ring (bicyclic) bond motifs is 1. The monoisotopic (exact) mass is 379 g/mol. The van der Waals surface area contributed by atoms with Gasteiger partial charge in [-0.1, -0.05) is 26.0 Å². The van der Waals surface area contributed by atoms with Crippen molar-refractivity contribution in [2.75, 3.05) is 19.0 Å². The molecule has 1 N–H and O–H groups in total. The van der Waals surface area contributed by atoms with Gasteiger partial charge in [-0.15, -0.1) is 0 Å². The molecule has 6 nitrogen and oxygen atoms in total. The second-order valence-corrected chi connectivity index (χ2v) is 7.09. The van der Waals surface area contributed by atoms with Crippen molar-refractivity contribution in [1.29, 1.82) is 0 Å². The van der Waals surface area contributed by atoms with Crippen molar-refractivity contribution in [2.45, 2.75) is 33.2 Å². The molecule has 0 bridgehead atoms. The minimum Gasteiger partial charge on any atom is -0.383 e. The summed E-state index contributed by atoms with van der Waals surface area (Å²) in [5.41, 5.74) is 3.28. The lowest BCUT2D eigenvalue weighted by Crippen LogP contribution is -2.23. The average molecular weight is 379 g/mol. The standard InChI is InChI=1S/C22H25N3O3/c1-14(2)16-5-7-17(8-6-16)24-21(26)18-13-19-20(23-15(18)3)9-10-25(22(19)27)11-12-28-4/h5-10,13-14H,11-12H2,1-4H3,(H,24,26). The number of nitrogens with zero attached hydrogens (tertiary/aromatic N) is 2. The van der Waals surface area contributed by atoms with Crippen LogP contribution in [0.4, 0.5) is 5.69 Å². The van der Waals surface area contributed by atoms with Gasteiger partial charge in [-0.05, 0) is 42.7 Å². The fourth-order valence-electron chi connectivity index (χ4n) is 3.05. The van der Waals surface area contributed by atoms with E-state index in [1.165, 1.54) is 5.56 Å². The van der Waals surface area contributed by atoms with Gasteiger partial charge in [-0.2, -0.15) is 0 Å². The lowest BCUT2D eigenvalue weighted by molar-refractivity contribution is 0.102. The molecule has 1 amide bonds. The van der Waals surface area contributed by atoms with E-state index in [0.717, 1.165) is 0 Å². The first kappa shape index (κ1) is 19.8. The highest BCUT2D eigenvalue weighted by Gasteiger charge is 2.14. The van der Waals surface area contributed by atoms with E-state index >= 15 is 0 Å². The lowest BCUT2D eigenvalue weighted by atomic mass is 10.0. The summed E-state index contributed by atoms with van der Waals surface area (Å²) in [5.74, 6) is 0.146. The Morgan fingerprint density at radius 2 is 1.93 bits per heavy atom. The largest absolute Gasteiger partial charge is 0.383 e.